The minimum Gasteiger partial charge on any atom is -0.352 e. The molecule has 5 nitrogen and oxygen atoms in total. The first kappa shape index (κ1) is 12.8. The van der Waals surface area contributed by atoms with Crippen molar-refractivity contribution in [3.8, 4) is 0 Å². The van der Waals surface area contributed by atoms with Gasteiger partial charge in [-0.2, -0.15) is 0 Å². The average molecular weight is 309 g/mol. The fourth-order valence-corrected chi connectivity index (χ4v) is 1.90. The number of nitrogens with one attached hydrogen (secondary N) is 2. The zero-order chi connectivity index (χ0) is 12.8. The van der Waals surface area contributed by atoms with E-state index in [9.17, 15) is 4.79 Å². The third-order valence-electron chi connectivity index (χ3n) is 2.42. The SMILES string of the molecule is O=C(NCCCc1ncc[nH]1)c1ccnc(Br)c1. The fraction of sp³-hybridized carbons (Fsp3) is 0.250. The van der Waals surface area contributed by atoms with E-state index in [1.54, 1.807) is 30.7 Å². The molecule has 0 aliphatic heterocycles. The summed E-state index contributed by atoms with van der Waals surface area (Å²) < 4.78 is 0.658. The van der Waals surface area contributed by atoms with E-state index in [0.29, 0.717) is 16.7 Å². The number of H-pyrrole nitrogens is 1. The van der Waals surface area contributed by atoms with Gasteiger partial charge in [-0.25, -0.2) is 9.97 Å². The molecule has 0 fully saturated rings. The summed E-state index contributed by atoms with van der Waals surface area (Å²) >= 11 is 3.23. The van der Waals surface area contributed by atoms with Gasteiger partial charge >= 0.3 is 0 Å². The molecule has 0 aliphatic rings. The molecule has 0 saturated heterocycles. The highest BCUT2D eigenvalue weighted by molar-refractivity contribution is 9.10. The first-order valence-electron chi connectivity index (χ1n) is 5.64. The van der Waals surface area contributed by atoms with Gasteiger partial charge in [0.05, 0.1) is 0 Å². The largest absolute Gasteiger partial charge is 0.352 e. The van der Waals surface area contributed by atoms with Crippen LogP contribution in [0.15, 0.2) is 35.3 Å². The molecule has 1 amide bonds. The van der Waals surface area contributed by atoms with Crippen molar-refractivity contribution >= 4 is 21.8 Å². The van der Waals surface area contributed by atoms with Gasteiger partial charge in [0.15, 0.2) is 0 Å². The first-order chi connectivity index (χ1) is 8.75. The number of aromatic amines is 1. The molecule has 0 atom stereocenters. The third-order valence-corrected chi connectivity index (χ3v) is 2.85. The number of hydrogen-bond acceptors (Lipinski definition) is 3. The van der Waals surface area contributed by atoms with Crippen LogP contribution in [0.5, 0.6) is 0 Å². The Morgan fingerprint density at radius 1 is 1.39 bits per heavy atom. The highest BCUT2D eigenvalue weighted by atomic mass is 79.9. The standard InChI is InChI=1S/C12H13BrN4O/c13-10-8-9(3-5-14-10)12(18)17-4-1-2-11-15-6-7-16-11/h3,5-8H,1-2,4H2,(H,15,16)(H,17,18). The monoisotopic (exact) mass is 308 g/mol. The lowest BCUT2D eigenvalue weighted by Gasteiger charge is -2.04. The second-order valence-corrected chi connectivity index (χ2v) is 4.58. The Kier molecular flexibility index (Phi) is 4.46. The Hall–Kier alpha value is -1.69. The second kappa shape index (κ2) is 6.30. The van der Waals surface area contributed by atoms with Crippen LogP contribution in [0, 0.1) is 0 Å². The van der Waals surface area contributed by atoms with Crippen LogP contribution in [0.3, 0.4) is 0 Å². The minimum atomic E-state index is -0.0856. The highest BCUT2D eigenvalue weighted by Crippen LogP contribution is 2.07. The molecule has 0 aromatic carbocycles. The molecule has 2 aromatic heterocycles. The molecule has 2 heterocycles. The predicted octanol–water partition coefficient (Wildman–Crippen LogP) is 1.93. The van der Waals surface area contributed by atoms with Crippen LogP contribution in [-0.2, 0) is 6.42 Å². The smallest absolute Gasteiger partial charge is 0.251 e. The number of halogens is 1. The van der Waals surface area contributed by atoms with Crippen LogP contribution in [0.4, 0.5) is 0 Å². The van der Waals surface area contributed by atoms with Crippen LogP contribution in [-0.4, -0.2) is 27.4 Å². The quantitative estimate of drug-likeness (QED) is 0.655. The zero-order valence-electron chi connectivity index (χ0n) is 9.69. The Morgan fingerprint density at radius 3 is 3.00 bits per heavy atom. The molecule has 6 heteroatoms. The van der Waals surface area contributed by atoms with E-state index in [1.807, 2.05) is 0 Å². The van der Waals surface area contributed by atoms with E-state index in [1.165, 1.54) is 0 Å². The molecular formula is C12H13BrN4O. The molecule has 2 rings (SSSR count). The molecule has 0 bridgehead atoms. The Morgan fingerprint density at radius 2 is 2.28 bits per heavy atom. The highest BCUT2D eigenvalue weighted by Gasteiger charge is 2.05. The number of aryl methyl sites for hydroxylation is 1. The number of imidazole rings is 1. The molecule has 0 saturated carbocycles. The van der Waals surface area contributed by atoms with Crippen LogP contribution in [0.25, 0.3) is 0 Å². The Balaban J connectivity index is 1.75. The van der Waals surface area contributed by atoms with Crippen molar-refractivity contribution in [2.45, 2.75) is 12.8 Å². The number of nitrogens with zero attached hydrogens (tertiary/aromatic N) is 2. The molecule has 0 spiro atoms. The molecule has 2 N–H and O–H groups in total. The number of pyridine rings is 1. The lowest BCUT2D eigenvalue weighted by atomic mass is 10.2. The summed E-state index contributed by atoms with van der Waals surface area (Å²) in [6.07, 6.45) is 6.80. The maximum atomic E-state index is 11.8. The van der Waals surface area contributed by atoms with Crippen molar-refractivity contribution < 1.29 is 4.79 Å². The van der Waals surface area contributed by atoms with E-state index in [-0.39, 0.29) is 5.91 Å². The van der Waals surface area contributed by atoms with E-state index >= 15 is 0 Å². The van der Waals surface area contributed by atoms with Gasteiger partial charge in [-0.1, -0.05) is 0 Å². The van der Waals surface area contributed by atoms with Crippen LogP contribution in [0.1, 0.15) is 22.6 Å². The van der Waals surface area contributed by atoms with Crippen molar-refractivity contribution in [3.63, 3.8) is 0 Å². The predicted molar refractivity (Wildman–Crippen MR) is 71.2 cm³/mol. The van der Waals surface area contributed by atoms with E-state index < -0.39 is 0 Å². The number of carbonyl (C=O) groups is 1. The molecule has 0 unspecified atom stereocenters. The normalized spacial score (nSPS) is 10.3. The Labute approximate surface area is 113 Å². The molecule has 94 valence electrons. The summed E-state index contributed by atoms with van der Waals surface area (Å²) in [5.74, 6) is 0.855. The molecule has 0 radical (unpaired) electrons. The summed E-state index contributed by atoms with van der Waals surface area (Å²) in [5, 5.41) is 2.86. The topological polar surface area (TPSA) is 70.7 Å². The van der Waals surface area contributed by atoms with Gasteiger partial charge in [-0.3, -0.25) is 4.79 Å². The minimum absolute atomic E-state index is 0.0856. The van der Waals surface area contributed by atoms with Crippen LogP contribution < -0.4 is 5.32 Å². The number of rotatable bonds is 5. The van der Waals surface area contributed by atoms with Gasteiger partial charge < -0.3 is 10.3 Å². The van der Waals surface area contributed by atoms with Crippen LogP contribution in [0.2, 0.25) is 0 Å². The third kappa shape index (κ3) is 3.66. The summed E-state index contributed by atoms with van der Waals surface area (Å²) in [5.41, 5.74) is 0.606. The van der Waals surface area contributed by atoms with E-state index in [2.05, 4.69) is 36.2 Å². The van der Waals surface area contributed by atoms with Gasteiger partial charge in [0.1, 0.15) is 10.4 Å². The van der Waals surface area contributed by atoms with Gasteiger partial charge in [0.25, 0.3) is 5.91 Å². The van der Waals surface area contributed by atoms with Gasteiger partial charge in [0.2, 0.25) is 0 Å². The van der Waals surface area contributed by atoms with Crippen molar-refractivity contribution in [1.29, 1.82) is 0 Å². The van der Waals surface area contributed by atoms with Crippen molar-refractivity contribution in [1.82, 2.24) is 20.3 Å². The summed E-state index contributed by atoms with van der Waals surface area (Å²) in [6, 6.07) is 3.38. The van der Waals surface area contributed by atoms with E-state index in [4.69, 9.17) is 0 Å². The second-order valence-electron chi connectivity index (χ2n) is 3.76. The number of amides is 1. The summed E-state index contributed by atoms with van der Waals surface area (Å²) in [6.45, 7) is 0.624. The lowest BCUT2D eigenvalue weighted by Crippen LogP contribution is -2.24. The van der Waals surface area contributed by atoms with E-state index in [0.717, 1.165) is 18.7 Å². The number of aromatic nitrogens is 3. The van der Waals surface area contributed by atoms with Crippen molar-refractivity contribution in [2.75, 3.05) is 6.54 Å². The first-order valence-corrected chi connectivity index (χ1v) is 6.43. The molecule has 2 aromatic rings. The maximum absolute atomic E-state index is 11.8. The maximum Gasteiger partial charge on any atom is 0.251 e. The van der Waals surface area contributed by atoms with Crippen molar-refractivity contribution in [2.24, 2.45) is 0 Å². The summed E-state index contributed by atoms with van der Waals surface area (Å²) in [4.78, 5) is 22.9. The molecule has 0 aliphatic carbocycles. The van der Waals surface area contributed by atoms with Crippen LogP contribution >= 0.6 is 15.9 Å². The number of carbonyl (C=O) groups excluding carboxylic acids is 1. The van der Waals surface area contributed by atoms with Gasteiger partial charge in [0, 0.05) is 37.1 Å². The summed E-state index contributed by atoms with van der Waals surface area (Å²) in [7, 11) is 0. The fourth-order valence-electron chi connectivity index (χ4n) is 1.54. The number of hydrogen-bond donors (Lipinski definition) is 2. The molecular weight excluding hydrogens is 296 g/mol. The average Bonchev–Trinajstić information content (AvgIpc) is 2.87. The zero-order valence-corrected chi connectivity index (χ0v) is 11.3. The van der Waals surface area contributed by atoms with Gasteiger partial charge in [-0.15, -0.1) is 0 Å². The molecule has 18 heavy (non-hydrogen) atoms. The Bertz CT molecular complexity index is 513. The van der Waals surface area contributed by atoms with Crippen molar-refractivity contribution in [3.05, 3.63) is 46.7 Å². The lowest BCUT2D eigenvalue weighted by molar-refractivity contribution is 0.0953. The van der Waals surface area contributed by atoms with Gasteiger partial charge in [-0.05, 0) is 34.5 Å².